The van der Waals surface area contributed by atoms with Crippen molar-refractivity contribution >= 4 is 11.6 Å². The minimum absolute atomic E-state index is 0.278. The molecule has 0 bridgehead atoms. The van der Waals surface area contributed by atoms with E-state index in [4.69, 9.17) is 0 Å². The van der Waals surface area contributed by atoms with E-state index in [9.17, 15) is 9.59 Å². The molecule has 0 aromatic heterocycles. The van der Waals surface area contributed by atoms with Crippen LogP contribution in [0.25, 0.3) is 0 Å². The van der Waals surface area contributed by atoms with Gasteiger partial charge in [0.05, 0.1) is 0 Å². The molecule has 0 heterocycles. The summed E-state index contributed by atoms with van der Waals surface area (Å²) in [4.78, 5) is 23.7. The van der Waals surface area contributed by atoms with Crippen molar-refractivity contribution in [2.75, 3.05) is 0 Å². The number of ketones is 2. The monoisotopic (exact) mass is 252 g/mol. The molecule has 2 heteroatoms. The Bertz CT molecular complexity index is 283. The highest BCUT2D eigenvalue weighted by Gasteiger charge is 2.36. The third kappa shape index (κ3) is 4.91. The van der Waals surface area contributed by atoms with E-state index in [0.717, 1.165) is 25.7 Å². The van der Waals surface area contributed by atoms with Gasteiger partial charge in [0.15, 0.2) is 0 Å². The molecule has 0 aromatic carbocycles. The van der Waals surface area contributed by atoms with Crippen molar-refractivity contribution < 1.29 is 9.59 Å². The van der Waals surface area contributed by atoms with E-state index in [0.29, 0.717) is 25.0 Å². The lowest BCUT2D eigenvalue weighted by Gasteiger charge is -2.31. The molecule has 0 amide bonds. The summed E-state index contributed by atoms with van der Waals surface area (Å²) >= 11 is 0. The molecule has 0 spiro atoms. The van der Waals surface area contributed by atoms with Crippen LogP contribution in [0.15, 0.2) is 0 Å². The van der Waals surface area contributed by atoms with Gasteiger partial charge in [0.25, 0.3) is 0 Å². The third-order valence-electron chi connectivity index (χ3n) is 4.20. The average Bonchev–Trinajstić information content (AvgIpc) is 2.33. The largest absolute Gasteiger partial charge is 0.300 e. The SMILES string of the molecule is CCCCCCCCC(=O)C1(C)CCCC(=O)C1. The topological polar surface area (TPSA) is 34.1 Å². The van der Waals surface area contributed by atoms with Crippen LogP contribution >= 0.6 is 0 Å². The maximum atomic E-state index is 12.2. The van der Waals surface area contributed by atoms with Gasteiger partial charge in [0.2, 0.25) is 0 Å². The van der Waals surface area contributed by atoms with Crippen molar-refractivity contribution in [2.45, 2.75) is 84.5 Å². The number of Topliss-reactive ketones (excluding diaryl/α,β-unsaturated/α-hetero) is 2. The number of hydrogen-bond donors (Lipinski definition) is 0. The third-order valence-corrected chi connectivity index (χ3v) is 4.20. The molecule has 2 nitrogen and oxygen atoms in total. The first kappa shape index (κ1) is 15.4. The molecule has 0 aromatic rings. The van der Waals surface area contributed by atoms with Gasteiger partial charge in [0.1, 0.15) is 11.6 Å². The molecule has 1 saturated carbocycles. The van der Waals surface area contributed by atoms with Gasteiger partial charge in [-0.3, -0.25) is 9.59 Å². The van der Waals surface area contributed by atoms with Gasteiger partial charge in [-0.1, -0.05) is 46.0 Å². The standard InChI is InChI=1S/C16H28O2/c1-3-4-5-6-7-8-11-15(18)16(2)12-9-10-14(17)13-16/h3-13H2,1-2H3. The highest BCUT2D eigenvalue weighted by Crippen LogP contribution is 2.36. The van der Waals surface area contributed by atoms with Gasteiger partial charge in [-0.05, 0) is 19.3 Å². The fourth-order valence-electron chi connectivity index (χ4n) is 2.89. The molecule has 0 N–H and O–H groups in total. The molecule has 1 atom stereocenters. The summed E-state index contributed by atoms with van der Waals surface area (Å²) in [6.07, 6.45) is 10.9. The number of hydrogen-bond acceptors (Lipinski definition) is 2. The Balaban J connectivity index is 2.21. The first-order valence-electron chi connectivity index (χ1n) is 7.63. The minimum atomic E-state index is -0.335. The predicted molar refractivity (Wildman–Crippen MR) is 74.6 cm³/mol. The number of carbonyl (C=O) groups excluding carboxylic acids is 2. The van der Waals surface area contributed by atoms with Gasteiger partial charge < -0.3 is 0 Å². The predicted octanol–water partition coefficient (Wildman–Crippen LogP) is 4.46. The van der Waals surface area contributed by atoms with Gasteiger partial charge >= 0.3 is 0 Å². The van der Waals surface area contributed by atoms with Gasteiger partial charge in [-0.15, -0.1) is 0 Å². The summed E-state index contributed by atoms with van der Waals surface area (Å²) in [5.74, 6) is 0.603. The quantitative estimate of drug-likeness (QED) is 0.598. The van der Waals surface area contributed by atoms with Crippen LogP contribution < -0.4 is 0 Å². The molecule has 104 valence electrons. The molecule has 1 aliphatic rings. The first-order valence-corrected chi connectivity index (χ1v) is 7.63. The number of rotatable bonds is 8. The van der Waals surface area contributed by atoms with Crippen LogP contribution in [0.1, 0.15) is 84.5 Å². The van der Waals surface area contributed by atoms with Gasteiger partial charge in [-0.25, -0.2) is 0 Å². The zero-order valence-corrected chi connectivity index (χ0v) is 12.1. The van der Waals surface area contributed by atoms with Crippen molar-refractivity contribution in [1.29, 1.82) is 0 Å². The summed E-state index contributed by atoms with van der Waals surface area (Å²) in [5.41, 5.74) is -0.335. The molecular weight excluding hydrogens is 224 g/mol. The average molecular weight is 252 g/mol. The molecule has 0 aliphatic heterocycles. The second-order valence-electron chi connectivity index (χ2n) is 6.07. The molecule has 1 aliphatic carbocycles. The van der Waals surface area contributed by atoms with Crippen LogP contribution in [0, 0.1) is 5.41 Å². The summed E-state index contributed by atoms with van der Waals surface area (Å²) in [5, 5.41) is 0. The maximum absolute atomic E-state index is 12.2. The smallest absolute Gasteiger partial charge is 0.139 e. The summed E-state index contributed by atoms with van der Waals surface area (Å²) in [7, 11) is 0. The summed E-state index contributed by atoms with van der Waals surface area (Å²) in [6, 6.07) is 0. The number of unbranched alkanes of at least 4 members (excludes halogenated alkanes) is 5. The molecule has 18 heavy (non-hydrogen) atoms. The Morgan fingerprint density at radius 2 is 1.83 bits per heavy atom. The highest BCUT2D eigenvalue weighted by atomic mass is 16.1. The van der Waals surface area contributed by atoms with E-state index in [-0.39, 0.29) is 11.2 Å². The fraction of sp³-hybridized carbons (Fsp3) is 0.875. The highest BCUT2D eigenvalue weighted by molar-refractivity contribution is 5.91. The second-order valence-corrected chi connectivity index (χ2v) is 6.07. The first-order chi connectivity index (χ1) is 8.58. The lowest BCUT2D eigenvalue weighted by molar-refractivity contribution is -0.136. The van der Waals surface area contributed by atoms with Crippen LogP contribution in [-0.2, 0) is 9.59 Å². The van der Waals surface area contributed by atoms with Crippen LogP contribution in [0.5, 0.6) is 0 Å². The van der Waals surface area contributed by atoms with Crippen LogP contribution in [-0.4, -0.2) is 11.6 Å². The molecule has 1 fully saturated rings. The van der Waals surface area contributed by atoms with E-state index in [1.807, 2.05) is 6.92 Å². The van der Waals surface area contributed by atoms with E-state index < -0.39 is 0 Å². The lowest BCUT2D eigenvalue weighted by Crippen LogP contribution is -2.33. The zero-order valence-electron chi connectivity index (χ0n) is 12.1. The Morgan fingerprint density at radius 3 is 2.50 bits per heavy atom. The molecule has 1 rings (SSSR count). The second kappa shape index (κ2) is 7.70. The Kier molecular flexibility index (Phi) is 6.59. The molecule has 1 unspecified atom stereocenters. The molecule has 0 saturated heterocycles. The van der Waals surface area contributed by atoms with E-state index in [1.54, 1.807) is 0 Å². The van der Waals surface area contributed by atoms with Gasteiger partial charge in [-0.2, -0.15) is 0 Å². The Hall–Kier alpha value is -0.660. The number of carbonyl (C=O) groups is 2. The van der Waals surface area contributed by atoms with E-state index in [1.165, 1.54) is 25.7 Å². The molecular formula is C16H28O2. The van der Waals surface area contributed by atoms with E-state index in [2.05, 4.69) is 6.92 Å². The van der Waals surface area contributed by atoms with E-state index >= 15 is 0 Å². The van der Waals surface area contributed by atoms with Gasteiger partial charge in [0, 0.05) is 24.7 Å². The fourth-order valence-corrected chi connectivity index (χ4v) is 2.89. The Morgan fingerprint density at radius 1 is 1.17 bits per heavy atom. The normalized spacial score (nSPS) is 24.2. The minimum Gasteiger partial charge on any atom is -0.300 e. The van der Waals surface area contributed by atoms with Crippen LogP contribution in [0.4, 0.5) is 0 Å². The zero-order chi connectivity index (χ0) is 13.4. The summed E-state index contributed by atoms with van der Waals surface area (Å²) < 4.78 is 0. The lowest BCUT2D eigenvalue weighted by atomic mass is 9.71. The maximum Gasteiger partial charge on any atom is 0.139 e. The van der Waals surface area contributed by atoms with Crippen molar-refractivity contribution in [3.8, 4) is 0 Å². The summed E-state index contributed by atoms with van der Waals surface area (Å²) in [6.45, 7) is 4.20. The molecule has 0 radical (unpaired) electrons. The Labute approximate surface area is 112 Å². The van der Waals surface area contributed by atoms with Crippen LogP contribution in [0.2, 0.25) is 0 Å². The van der Waals surface area contributed by atoms with Crippen LogP contribution in [0.3, 0.4) is 0 Å². The van der Waals surface area contributed by atoms with Crippen molar-refractivity contribution in [2.24, 2.45) is 5.41 Å². The van der Waals surface area contributed by atoms with Crippen molar-refractivity contribution in [1.82, 2.24) is 0 Å². The van der Waals surface area contributed by atoms with Crippen molar-refractivity contribution in [3.05, 3.63) is 0 Å². The van der Waals surface area contributed by atoms with Crippen molar-refractivity contribution in [3.63, 3.8) is 0 Å².